The van der Waals surface area contributed by atoms with Gasteiger partial charge in [-0.3, -0.25) is 4.79 Å². The van der Waals surface area contributed by atoms with Crippen molar-refractivity contribution in [3.63, 3.8) is 0 Å². The number of aromatic nitrogens is 1. The number of hydrogen-bond donors (Lipinski definition) is 3. The lowest BCUT2D eigenvalue weighted by molar-refractivity contribution is -0.154. The molecular weight excluding hydrogens is 457 g/mol. The number of halogens is 1. The van der Waals surface area contributed by atoms with Crippen molar-refractivity contribution in [1.82, 2.24) is 10.3 Å². The minimum absolute atomic E-state index is 0.0657. The van der Waals surface area contributed by atoms with Gasteiger partial charge in [-0.15, -0.1) is 0 Å². The molecule has 0 amide bonds. The maximum atomic E-state index is 13.7. The van der Waals surface area contributed by atoms with Crippen molar-refractivity contribution in [2.45, 2.75) is 39.3 Å². The number of carbonyl (C=O) groups excluding carboxylic acids is 1. The summed E-state index contributed by atoms with van der Waals surface area (Å²) < 4.78 is 19.1. The molecule has 4 aromatic rings. The van der Waals surface area contributed by atoms with Gasteiger partial charge in [0.25, 0.3) is 0 Å². The second-order valence-corrected chi connectivity index (χ2v) is 9.54. The Labute approximate surface area is 209 Å². The van der Waals surface area contributed by atoms with E-state index < -0.39 is 5.60 Å². The average Bonchev–Trinajstić information content (AvgIpc) is 3.15. The van der Waals surface area contributed by atoms with Crippen LogP contribution >= 0.6 is 0 Å². The predicted molar refractivity (Wildman–Crippen MR) is 140 cm³/mol. The molecule has 0 saturated carbocycles. The van der Waals surface area contributed by atoms with E-state index in [2.05, 4.69) is 10.3 Å². The van der Waals surface area contributed by atoms with E-state index >= 15 is 0 Å². The van der Waals surface area contributed by atoms with E-state index in [0.717, 1.165) is 11.1 Å². The maximum absolute atomic E-state index is 13.7. The molecule has 3 aromatic carbocycles. The van der Waals surface area contributed by atoms with Gasteiger partial charge in [-0.05, 0) is 56.7 Å². The van der Waals surface area contributed by atoms with Gasteiger partial charge in [0.05, 0.1) is 28.9 Å². The van der Waals surface area contributed by atoms with E-state index in [0.29, 0.717) is 47.4 Å². The van der Waals surface area contributed by atoms with Gasteiger partial charge in [0.2, 0.25) is 0 Å². The van der Waals surface area contributed by atoms with Crippen molar-refractivity contribution in [1.29, 1.82) is 0 Å². The average molecular weight is 488 g/mol. The number of aromatic hydroxyl groups is 1. The van der Waals surface area contributed by atoms with Gasteiger partial charge in [-0.2, -0.15) is 0 Å². The van der Waals surface area contributed by atoms with Crippen LogP contribution in [0.5, 0.6) is 5.88 Å². The number of H-pyrrole nitrogens is 1. The molecule has 4 rings (SSSR count). The summed E-state index contributed by atoms with van der Waals surface area (Å²) in [5.41, 5.74) is 3.70. The van der Waals surface area contributed by atoms with Crippen molar-refractivity contribution in [2.24, 2.45) is 4.99 Å². The second-order valence-electron chi connectivity index (χ2n) is 9.54. The molecule has 0 saturated heterocycles. The van der Waals surface area contributed by atoms with Crippen molar-refractivity contribution >= 4 is 28.3 Å². The normalized spacial score (nSPS) is 12.2. The van der Waals surface area contributed by atoms with Crippen molar-refractivity contribution in [3.8, 4) is 5.88 Å². The first-order chi connectivity index (χ1) is 17.2. The standard InChI is InChI=1S/C29H30FN3O3/c1-29(2,3)36-25(34)15-16-31-18-19-9-12-22(13-10-19)32-27(20-7-5-4-6-8-20)26-23-14-11-21(30)17-24(23)33-28(26)35/h4-14,17,31,33,35H,15-16,18H2,1-3H3. The minimum Gasteiger partial charge on any atom is -0.494 e. The number of ether oxygens (including phenoxy) is 1. The molecule has 6 nitrogen and oxygen atoms in total. The fourth-order valence-electron chi connectivity index (χ4n) is 3.89. The van der Waals surface area contributed by atoms with Crippen LogP contribution in [0.4, 0.5) is 10.1 Å². The smallest absolute Gasteiger partial charge is 0.307 e. The lowest BCUT2D eigenvalue weighted by Crippen LogP contribution is -2.26. The number of esters is 1. The molecule has 1 heterocycles. The number of aromatic amines is 1. The summed E-state index contributed by atoms with van der Waals surface area (Å²) in [5, 5.41) is 14.6. The Morgan fingerprint density at radius 2 is 1.78 bits per heavy atom. The molecule has 186 valence electrons. The van der Waals surface area contributed by atoms with Gasteiger partial charge in [-0.1, -0.05) is 42.5 Å². The fraction of sp³-hybridized carbons (Fsp3) is 0.241. The lowest BCUT2D eigenvalue weighted by atomic mass is 10.0. The van der Waals surface area contributed by atoms with Gasteiger partial charge in [0.15, 0.2) is 5.88 Å². The molecular formula is C29H30FN3O3. The largest absolute Gasteiger partial charge is 0.494 e. The summed E-state index contributed by atoms with van der Waals surface area (Å²) in [7, 11) is 0. The number of aliphatic imine (C=N–C) groups is 1. The first-order valence-electron chi connectivity index (χ1n) is 11.9. The highest BCUT2D eigenvalue weighted by Crippen LogP contribution is 2.32. The minimum atomic E-state index is -0.480. The van der Waals surface area contributed by atoms with Crippen LogP contribution in [0.3, 0.4) is 0 Å². The highest BCUT2D eigenvalue weighted by atomic mass is 19.1. The molecule has 0 atom stereocenters. The summed E-state index contributed by atoms with van der Waals surface area (Å²) in [5.74, 6) is -0.677. The number of nitrogens with zero attached hydrogens (tertiary/aromatic N) is 1. The SMILES string of the molecule is CC(C)(C)OC(=O)CCNCc1ccc(N=C(c2ccccc2)c2c(O)[nH]c3cc(F)ccc23)cc1. The summed E-state index contributed by atoms with van der Waals surface area (Å²) in [6.07, 6.45) is 0.304. The zero-order valence-electron chi connectivity index (χ0n) is 20.6. The van der Waals surface area contributed by atoms with E-state index in [9.17, 15) is 14.3 Å². The van der Waals surface area contributed by atoms with Crippen LogP contribution in [0.15, 0.2) is 77.8 Å². The van der Waals surface area contributed by atoms with Crippen molar-refractivity contribution in [2.75, 3.05) is 6.54 Å². The lowest BCUT2D eigenvalue weighted by Gasteiger charge is -2.19. The number of fused-ring (bicyclic) bond motifs is 1. The third-order valence-corrected chi connectivity index (χ3v) is 5.46. The Hall–Kier alpha value is -3.97. The maximum Gasteiger partial charge on any atom is 0.307 e. The van der Waals surface area contributed by atoms with Crippen LogP contribution in [0, 0.1) is 5.82 Å². The zero-order chi connectivity index (χ0) is 25.7. The molecule has 0 spiro atoms. The molecule has 0 aliphatic heterocycles. The summed E-state index contributed by atoms with van der Waals surface area (Å²) in [6, 6.07) is 21.7. The van der Waals surface area contributed by atoms with E-state index in [1.807, 2.05) is 75.4 Å². The monoisotopic (exact) mass is 487 g/mol. The Morgan fingerprint density at radius 1 is 1.06 bits per heavy atom. The van der Waals surface area contributed by atoms with Crippen LogP contribution in [0.1, 0.15) is 43.9 Å². The van der Waals surface area contributed by atoms with Crippen molar-refractivity contribution < 1.29 is 19.0 Å². The van der Waals surface area contributed by atoms with Gasteiger partial charge >= 0.3 is 5.97 Å². The molecule has 0 radical (unpaired) electrons. The van der Waals surface area contributed by atoms with Gasteiger partial charge in [0.1, 0.15) is 11.4 Å². The van der Waals surface area contributed by atoms with E-state index in [4.69, 9.17) is 9.73 Å². The Morgan fingerprint density at radius 3 is 2.47 bits per heavy atom. The number of nitrogens with one attached hydrogen (secondary N) is 2. The van der Waals surface area contributed by atoms with Crippen LogP contribution in [-0.4, -0.2) is 33.9 Å². The Kier molecular flexibility index (Phi) is 7.50. The second kappa shape index (κ2) is 10.7. The van der Waals surface area contributed by atoms with E-state index in [1.54, 1.807) is 6.07 Å². The van der Waals surface area contributed by atoms with E-state index in [1.165, 1.54) is 12.1 Å². The summed E-state index contributed by atoms with van der Waals surface area (Å²) in [4.78, 5) is 19.6. The van der Waals surface area contributed by atoms with Crippen LogP contribution in [0.2, 0.25) is 0 Å². The molecule has 36 heavy (non-hydrogen) atoms. The van der Waals surface area contributed by atoms with Gasteiger partial charge < -0.3 is 20.1 Å². The summed E-state index contributed by atoms with van der Waals surface area (Å²) >= 11 is 0. The molecule has 0 aliphatic carbocycles. The van der Waals surface area contributed by atoms with Gasteiger partial charge in [-0.25, -0.2) is 9.38 Å². The first kappa shape index (κ1) is 25.1. The molecule has 0 bridgehead atoms. The number of hydrogen-bond acceptors (Lipinski definition) is 5. The Balaban J connectivity index is 1.53. The van der Waals surface area contributed by atoms with Crippen LogP contribution < -0.4 is 5.32 Å². The Bertz CT molecular complexity index is 1370. The first-order valence-corrected chi connectivity index (χ1v) is 11.9. The number of rotatable bonds is 8. The topological polar surface area (TPSA) is 86.7 Å². The molecule has 0 fully saturated rings. The molecule has 3 N–H and O–H groups in total. The third kappa shape index (κ3) is 6.37. The van der Waals surface area contributed by atoms with Crippen molar-refractivity contribution in [3.05, 3.63) is 95.3 Å². The fourth-order valence-corrected chi connectivity index (χ4v) is 3.89. The van der Waals surface area contributed by atoms with Gasteiger partial charge in [0, 0.05) is 24.0 Å². The molecule has 7 heteroatoms. The zero-order valence-corrected chi connectivity index (χ0v) is 20.6. The number of carbonyl (C=O) groups is 1. The highest BCUT2D eigenvalue weighted by Gasteiger charge is 2.19. The highest BCUT2D eigenvalue weighted by molar-refractivity contribution is 6.21. The molecule has 1 aromatic heterocycles. The van der Waals surface area contributed by atoms with Crippen LogP contribution in [-0.2, 0) is 16.1 Å². The quantitative estimate of drug-likeness (QED) is 0.162. The summed E-state index contributed by atoms with van der Waals surface area (Å²) in [6.45, 7) is 6.68. The molecule has 0 aliphatic rings. The van der Waals surface area contributed by atoms with E-state index in [-0.39, 0.29) is 17.7 Å². The van der Waals surface area contributed by atoms with Crippen LogP contribution in [0.25, 0.3) is 10.9 Å². The molecule has 0 unspecified atom stereocenters. The third-order valence-electron chi connectivity index (χ3n) is 5.46. The number of benzene rings is 3. The predicted octanol–water partition coefficient (Wildman–Crippen LogP) is 6.00.